The number of esters is 1. The Morgan fingerprint density at radius 1 is 0.402 bits per heavy atom. The first-order chi connectivity index (χ1) is 37.8. The van der Waals surface area contributed by atoms with E-state index >= 15 is 0 Å². The van der Waals surface area contributed by atoms with E-state index in [1.54, 1.807) is 6.92 Å². The number of aliphatic hydroxyl groups is 4. The second-order valence-corrected chi connectivity index (χ2v) is 21.0. The second-order valence-electron chi connectivity index (χ2n) is 19.4. The monoisotopic (exact) mass is 1280 g/mol. The molecule has 0 unspecified atom stereocenters. The van der Waals surface area contributed by atoms with Gasteiger partial charge < -0.3 is 64.2 Å². The van der Waals surface area contributed by atoms with E-state index in [0.717, 1.165) is 99.3 Å². The zero-order valence-electron chi connectivity index (χ0n) is 45.8. The van der Waals surface area contributed by atoms with Crippen molar-refractivity contribution in [1.82, 2.24) is 0 Å². The number of nitrogens with zero attached hydrogens (tertiary/aromatic N) is 4. The maximum absolute atomic E-state index is 10.5. The Morgan fingerprint density at radius 3 is 0.671 bits per heavy atom. The summed E-state index contributed by atoms with van der Waals surface area (Å²) in [4.78, 5) is 9.82. The van der Waals surface area contributed by atoms with Gasteiger partial charge in [0.25, 0.3) is 0 Å². The number of rotatable bonds is 9. The third kappa shape index (κ3) is 29.4. The summed E-state index contributed by atoms with van der Waals surface area (Å²) in [5, 5.41) is 91.8. The molecule has 4 saturated carbocycles. The van der Waals surface area contributed by atoms with Crippen LogP contribution >= 0.6 is 0 Å². The molecule has 4 aromatic rings. The van der Waals surface area contributed by atoms with Gasteiger partial charge in [0.05, 0.1) is 6.61 Å². The fourth-order valence-electron chi connectivity index (χ4n) is 9.76. The fraction of sp³-hybridized carbons (Fsp3) is 0.482. The zero-order valence-corrected chi connectivity index (χ0v) is 49.3. The fourth-order valence-corrected chi connectivity index (χ4v) is 9.76. The predicted octanol–water partition coefficient (Wildman–Crippen LogP) is 8.13. The van der Waals surface area contributed by atoms with Crippen LogP contribution in [0.15, 0.2) is 142 Å². The minimum atomic E-state index is -5.17. The van der Waals surface area contributed by atoms with E-state index in [9.17, 15) is 25.2 Å². The third-order valence-corrected chi connectivity index (χ3v) is 13.4. The molecule has 4 fully saturated rings. The Kier molecular flexibility index (Phi) is 36.9. The number of ether oxygens (including phenoxy) is 1. The molecule has 26 heteroatoms. The summed E-state index contributed by atoms with van der Waals surface area (Å²) in [5.74, 6) is -0.211. The Labute approximate surface area is 502 Å². The Balaban J connectivity index is 0.000000972. The van der Waals surface area contributed by atoms with Crippen LogP contribution in [0, 0.1) is 0 Å². The van der Waals surface area contributed by atoms with E-state index in [1.807, 2.05) is 121 Å². The van der Waals surface area contributed by atoms with Gasteiger partial charge in [0, 0.05) is 50.0 Å². The summed E-state index contributed by atoms with van der Waals surface area (Å²) in [6.07, 6.45) is 18.0. The molecule has 4 aliphatic rings. The van der Waals surface area contributed by atoms with Crippen molar-refractivity contribution < 1.29 is 120 Å². The number of oxime groups is 4. The van der Waals surface area contributed by atoms with Crippen molar-refractivity contribution in [3.63, 3.8) is 0 Å². The molecule has 0 atom stereocenters. The molecule has 82 heavy (non-hydrogen) atoms. The van der Waals surface area contributed by atoms with Crippen molar-refractivity contribution in [3.8, 4) is 0 Å². The average Bonchev–Trinajstić information content (AvgIpc) is 3.46. The van der Waals surface area contributed by atoms with Gasteiger partial charge in [-0.2, -0.15) is 0 Å². The van der Waals surface area contributed by atoms with Crippen LogP contribution in [0.3, 0.4) is 0 Å². The van der Waals surface area contributed by atoms with Gasteiger partial charge >= 0.3 is 40.1 Å². The van der Waals surface area contributed by atoms with Crippen LogP contribution in [0.2, 0.25) is 0 Å². The minimum absolute atomic E-state index is 0. The van der Waals surface area contributed by atoms with Crippen molar-refractivity contribution >= 4 is 49.6 Å². The maximum atomic E-state index is 10.5. The summed E-state index contributed by atoms with van der Waals surface area (Å²) in [5.41, 5.74) is 1.04. The van der Waals surface area contributed by atoms with E-state index in [0.29, 0.717) is 80.8 Å². The molecule has 0 spiro atoms. The van der Waals surface area contributed by atoms with E-state index in [1.165, 1.54) is 6.92 Å². The van der Waals surface area contributed by atoms with E-state index in [2.05, 4.69) is 25.4 Å². The first kappa shape index (κ1) is 76.8. The first-order valence-electron chi connectivity index (χ1n) is 26.3. The number of hydrogen-bond acceptors (Lipinski definition) is 22. The zero-order chi connectivity index (χ0) is 59.7. The van der Waals surface area contributed by atoms with Crippen molar-refractivity contribution in [1.29, 1.82) is 0 Å². The largest absolute Gasteiger partial charge is 2.00 e. The molecular weight excluding hydrogens is 1210 g/mol. The van der Waals surface area contributed by atoms with Crippen molar-refractivity contribution in [2.24, 2.45) is 20.6 Å². The summed E-state index contributed by atoms with van der Waals surface area (Å²) in [7, 11) is -10.3. The van der Waals surface area contributed by atoms with Gasteiger partial charge in [-0.3, -0.25) is 21.6 Å². The van der Waals surface area contributed by atoms with Crippen molar-refractivity contribution in [2.75, 3.05) is 6.61 Å². The van der Waals surface area contributed by atoms with Gasteiger partial charge in [0.2, 0.25) is 0 Å². The van der Waals surface area contributed by atoms with Gasteiger partial charge in [-0.05, 0) is 58.3 Å². The molecule has 0 aliphatic heterocycles. The smallest absolute Gasteiger partial charge is 0.759 e. The van der Waals surface area contributed by atoms with Gasteiger partial charge in [0.15, 0.2) is 0 Å². The number of carbonyl (C=O) groups is 1. The van der Waals surface area contributed by atoms with E-state index in [4.69, 9.17) is 55.9 Å². The van der Waals surface area contributed by atoms with Crippen LogP contribution in [-0.4, -0.2) is 134 Å². The second kappa shape index (κ2) is 39.4. The molecule has 8 rings (SSSR count). The standard InChI is InChI=1S/4C13H17NO2.C4H8O2.2Cu.2H2O4S/c4*15-13(9-5-2-6-10-13)12(14-16)11-7-3-1-4-8-11;1-3-6-4(2)5;;;2*1-5(2,3)4/h4*1,3-4,7-8,15-16H,2,5-6,9-10H2;3H2,1-2H3;;;2*(H2,1,2,3,4)/q;;;;;2*+2;;/p-4/b4*14-12+;;;;;. The Bertz CT molecular complexity index is 2390. The van der Waals surface area contributed by atoms with Crippen LogP contribution in [0.25, 0.3) is 0 Å². The molecule has 0 bridgehead atoms. The first-order valence-corrected chi connectivity index (χ1v) is 29.0. The van der Waals surface area contributed by atoms with Crippen LogP contribution in [0.5, 0.6) is 0 Å². The van der Waals surface area contributed by atoms with Gasteiger partial charge in [-0.15, -0.1) is 0 Å². The molecule has 8 N–H and O–H groups in total. The molecule has 0 heterocycles. The minimum Gasteiger partial charge on any atom is -0.759 e. The number of hydrogen-bond donors (Lipinski definition) is 8. The van der Waals surface area contributed by atoms with Gasteiger partial charge in [-0.25, -0.2) is 0 Å². The topological polar surface area (TPSA) is 398 Å². The summed E-state index contributed by atoms with van der Waals surface area (Å²) >= 11 is 0. The predicted molar refractivity (Wildman–Crippen MR) is 294 cm³/mol. The Hall–Kier alpha value is -5.15. The summed E-state index contributed by atoms with van der Waals surface area (Å²) in [6, 6.07) is 37.6. The molecule has 4 aromatic carbocycles. The third-order valence-electron chi connectivity index (χ3n) is 13.4. The quantitative estimate of drug-likeness (QED) is 0.0149. The van der Waals surface area contributed by atoms with Crippen molar-refractivity contribution in [3.05, 3.63) is 144 Å². The van der Waals surface area contributed by atoms with Gasteiger partial charge in [-0.1, -0.05) is 219 Å². The van der Waals surface area contributed by atoms with Crippen LogP contribution in [0.4, 0.5) is 0 Å². The van der Waals surface area contributed by atoms with Crippen LogP contribution in [0.1, 0.15) is 165 Å². The Morgan fingerprint density at radius 2 is 0.561 bits per heavy atom. The SMILES string of the molecule is CCOC(C)=O.O/N=C(\c1ccccc1)C1(O)CCCCC1.O/N=C(\c1ccccc1)C1(O)CCCCC1.O/N=C(\c1ccccc1)C1(O)CCCCC1.O/N=C(\c1ccccc1)C1(O)CCCCC1.O=S(=O)([O-])[O-].O=S(=O)([O-])[O-].[Cu+2].[Cu+2]. The molecule has 462 valence electrons. The summed E-state index contributed by atoms with van der Waals surface area (Å²) < 4.78 is 72.6. The number of carbonyl (C=O) groups excluding carboxylic acids is 1. The molecule has 4 aliphatic carbocycles. The van der Waals surface area contributed by atoms with Crippen LogP contribution in [-0.2, 0) is 64.5 Å². The number of benzene rings is 4. The molecule has 22 nitrogen and oxygen atoms in total. The van der Waals surface area contributed by atoms with Gasteiger partial charge in [0.1, 0.15) is 45.3 Å². The van der Waals surface area contributed by atoms with E-state index in [-0.39, 0.29) is 40.1 Å². The average molecular weight is 1280 g/mol. The van der Waals surface area contributed by atoms with E-state index < -0.39 is 43.2 Å². The molecule has 2 radical (unpaired) electrons. The van der Waals surface area contributed by atoms with Crippen LogP contribution < -0.4 is 0 Å². The van der Waals surface area contributed by atoms with Crippen molar-refractivity contribution in [2.45, 2.75) is 165 Å². The maximum Gasteiger partial charge on any atom is 2.00 e. The molecule has 0 aromatic heterocycles. The normalized spacial score (nSPS) is 18.1. The molecular formula is C56H76Cu2N4O18S2. The molecule has 0 saturated heterocycles. The summed E-state index contributed by atoms with van der Waals surface area (Å²) in [6.45, 7) is 3.65. The molecule has 0 amide bonds.